The second-order valence-electron chi connectivity index (χ2n) is 6.11. The molecule has 0 N–H and O–H groups in total. The Balaban J connectivity index is 1.92. The van der Waals surface area contributed by atoms with E-state index in [1.807, 2.05) is 11.8 Å². The number of hydrogen-bond donors (Lipinski definition) is 0. The van der Waals surface area contributed by atoms with Crippen LogP contribution in [0.15, 0.2) is 24.3 Å². The predicted octanol–water partition coefficient (Wildman–Crippen LogP) is 4.91. The summed E-state index contributed by atoms with van der Waals surface area (Å²) in [4.78, 5) is 17.2. The zero-order valence-electron chi connectivity index (χ0n) is 13.6. The number of fused-ring (bicyclic) bond motifs is 1. The van der Waals surface area contributed by atoms with Gasteiger partial charge in [0.05, 0.1) is 4.88 Å². The number of anilines is 1. The van der Waals surface area contributed by atoms with E-state index < -0.39 is 0 Å². The SMILES string of the molecule is CCN(C(=O)c1cc2c(s1)CCCC2)c1ccc(C)cc1C. The van der Waals surface area contributed by atoms with Gasteiger partial charge in [0.1, 0.15) is 0 Å². The zero-order chi connectivity index (χ0) is 15.7. The third-order valence-electron chi connectivity index (χ3n) is 4.41. The highest BCUT2D eigenvalue weighted by Gasteiger charge is 2.22. The molecule has 1 aliphatic carbocycles. The summed E-state index contributed by atoms with van der Waals surface area (Å²) in [5.41, 5.74) is 4.83. The Bertz CT molecular complexity index is 678. The van der Waals surface area contributed by atoms with E-state index in [9.17, 15) is 4.79 Å². The number of rotatable bonds is 3. The molecule has 1 amide bonds. The van der Waals surface area contributed by atoms with Crippen LogP contribution in [0.25, 0.3) is 0 Å². The molecule has 0 fully saturated rings. The smallest absolute Gasteiger partial charge is 0.268 e. The van der Waals surface area contributed by atoms with Gasteiger partial charge in [-0.25, -0.2) is 0 Å². The van der Waals surface area contributed by atoms with Crippen LogP contribution in [-0.2, 0) is 12.8 Å². The lowest BCUT2D eigenvalue weighted by molar-refractivity contribution is 0.0992. The molecular weight excluding hydrogens is 290 g/mol. The van der Waals surface area contributed by atoms with Crippen molar-refractivity contribution in [1.29, 1.82) is 0 Å². The van der Waals surface area contributed by atoms with E-state index >= 15 is 0 Å². The van der Waals surface area contributed by atoms with Crippen molar-refractivity contribution in [2.45, 2.75) is 46.5 Å². The van der Waals surface area contributed by atoms with E-state index in [4.69, 9.17) is 0 Å². The van der Waals surface area contributed by atoms with Crippen LogP contribution in [-0.4, -0.2) is 12.5 Å². The van der Waals surface area contributed by atoms with Crippen molar-refractivity contribution in [3.63, 3.8) is 0 Å². The molecular formula is C19H23NOS. The molecule has 0 spiro atoms. The second kappa shape index (κ2) is 6.25. The zero-order valence-corrected chi connectivity index (χ0v) is 14.4. The van der Waals surface area contributed by atoms with Crippen LogP contribution in [0.2, 0.25) is 0 Å². The van der Waals surface area contributed by atoms with E-state index in [-0.39, 0.29) is 5.91 Å². The summed E-state index contributed by atoms with van der Waals surface area (Å²) in [6.07, 6.45) is 4.79. The fraction of sp³-hybridized carbons (Fsp3) is 0.421. The molecule has 1 aromatic carbocycles. The van der Waals surface area contributed by atoms with Crippen molar-refractivity contribution < 1.29 is 4.79 Å². The Kier molecular flexibility index (Phi) is 4.34. The first-order chi connectivity index (χ1) is 10.6. The average molecular weight is 313 g/mol. The molecule has 0 saturated carbocycles. The highest BCUT2D eigenvalue weighted by Crippen LogP contribution is 2.32. The Morgan fingerprint density at radius 3 is 2.64 bits per heavy atom. The molecule has 0 bridgehead atoms. The van der Waals surface area contributed by atoms with Gasteiger partial charge >= 0.3 is 0 Å². The number of benzene rings is 1. The van der Waals surface area contributed by atoms with Crippen LogP contribution in [0.3, 0.4) is 0 Å². The molecule has 2 nitrogen and oxygen atoms in total. The number of carbonyl (C=O) groups is 1. The Hall–Kier alpha value is -1.61. The van der Waals surface area contributed by atoms with Gasteiger partial charge in [0.2, 0.25) is 0 Å². The second-order valence-corrected chi connectivity index (χ2v) is 7.24. The summed E-state index contributed by atoms with van der Waals surface area (Å²) in [6, 6.07) is 8.43. The van der Waals surface area contributed by atoms with Crippen LogP contribution in [0, 0.1) is 13.8 Å². The summed E-state index contributed by atoms with van der Waals surface area (Å²) < 4.78 is 0. The summed E-state index contributed by atoms with van der Waals surface area (Å²) in [6.45, 7) is 6.91. The lowest BCUT2D eigenvalue weighted by Gasteiger charge is -2.22. The molecule has 1 aromatic heterocycles. The fourth-order valence-electron chi connectivity index (χ4n) is 3.26. The Labute approximate surface area is 136 Å². The number of aryl methyl sites for hydroxylation is 4. The molecule has 1 aliphatic rings. The molecule has 3 rings (SSSR count). The maximum atomic E-state index is 13.0. The van der Waals surface area contributed by atoms with E-state index in [2.05, 4.69) is 38.1 Å². The first-order valence-corrected chi connectivity index (χ1v) is 8.92. The van der Waals surface area contributed by atoms with Crippen molar-refractivity contribution in [3.8, 4) is 0 Å². The van der Waals surface area contributed by atoms with Gasteiger partial charge in [0.15, 0.2) is 0 Å². The van der Waals surface area contributed by atoms with Crippen molar-refractivity contribution >= 4 is 22.9 Å². The van der Waals surface area contributed by atoms with Crippen LogP contribution < -0.4 is 4.90 Å². The molecule has 2 aromatic rings. The van der Waals surface area contributed by atoms with Crippen LogP contribution in [0.4, 0.5) is 5.69 Å². The molecule has 0 aliphatic heterocycles. The van der Waals surface area contributed by atoms with Gasteiger partial charge in [-0.2, -0.15) is 0 Å². The fourth-order valence-corrected chi connectivity index (χ4v) is 4.46. The third-order valence-corrected chi connectivity index (χ3v) is 5.64. The highest BCUT2D eigenvalue weighted by molar-refractivity contribution is 7.14. The van der Waals surface area contributed by atoms with Crippen LogP contribution in [0.5, 0.6) is 0 Å². The predicted molar refractivity (Wildman–Crippen MR) is 94.2 cm³/mol. The van der Waals surface area contributed by atoms with E-state index in [1.165, 1.54) is 28.8 Å². The lowest BCUT2D eigenvalue weighted by atomic mass is 9.99. The maximum Gasteiger partial charge on any atom is 0.268 e. The summed E-state index contributed by atoms with van der Waals surface area (Å²) >= 11 is 1.70. The number of thiophene rings is 1. The first kappa shape index (κ1) is 15.3. The first-order valence-electron chi connectivity index (χ1n) is 8.11. The standard InChI is InChI=1S/C19H23NOS/c1-4-20(16-10-9-13(2)11-14(16)3)19(21)18-12-15-7-5-6-8-17(15)22-18/h9-12H,4-8H2,1-3H3. The summed E-state index contributed by atoms with van der Waals surface area (Å²) in [7, 11) is 0. The molecule has 1 heterocycles. The Morgan fingerprint density at radius 1 is 1.18 bits per heavy atom. The lowest BCUT2D eigenvalue weighted by Crippen LogP contribution is -2.30. The normalized spacial score (nSPS) is 13.8. The highest BCUT2D eigenvalue weighted by atomic mass is 32.1. The van der Waals surface area contributed by atoms with Crippen molar-refractivity contribution in [2.24, 2.45) is 0 Å². The van der Waals surface area contributed by atoms with Gasteiger partial charge in [-0.15, -0.1) is 11.3 Å². The molecule has 0 radical (unpaired) electrons. The molecule has 3 heteroatoms. The average Bonchev–Trinajstić information content (AvgIpc) is 2.94. The monoisotopic (exact) mass is 313 g/mol. The largest absolute Gasteiger partial charge is 0.308 e. The topological polar surface area (TPSA) is 20.3 Å². The number of nitrogens with zero attached hydrogens (tertiary/aromatic N) is 1. The molecule has 0 saturated heterocycles. The summed E-state index contributed by atoms with van der Waals surface area (Å²) in [5.74, 6) is 0.147. The third kappa shape index (κ3) is 2.82. The van der Waals surface area contributed by atoms with Gasteiger partial charge in [0, 0.05) is 17.1 Å². The molecule has 0 atom stereocenters. The Morgan fingerprint density at radius 2 is 1.95 bits per heavy atom. The summed E-state index contributed by atoms with van der Waals surface area (Å²) in [5, 5.41) is 0. The number of hydrogen-bond acceptors (Lipinski definition) is 2. The minimum atomic E-state index is 0.147. The van der Waals surface area contributed by atoms with Gasteiger partial charge < -0.3 is 4.90 Å². The van der Waals surface area contributed by atoms with Gasteiger partial charge in [-0.05, 0) is 69.7 Å². The number of carbonyl (C=O) groups excluding carboxylic acids is 1. The van der Waals surface area contributed by atoms with Crippen molar-refractivity contribution in [3.05, 3.63) is 50.7 Å². The minimum Gasteiger partial charge on any atom is -0.308 e. The molecule has 116 valence electrons. The van der Waals surface area contributed by atoms with Gasteiger partial charge in [-0.1, -0.05) is 17.7 Å². The quantitative estimate of drug-likeness (QED) is 0.788. The van der Waals surface area contributed by atoms with Crippen molar-refractivity contribution in [1.82, 2.24) is 0 Å². The number of amides is 1. The van der Waals surface area contributed by atoms with Crippen molar-refractivity contribution in [2.75, 3.05) is 11.4 Å². The van der Waals surface area contributed by atoms with Gasteiger partial charge in [0.25, 0.3) is 5.91 Å². The van der Waals surface area contributed by atoms with E-state index in [0.29, 0.717) is 6.54 Å². The van der Waals surface area contributed by atoms with Gasteiger partial charge in [-0.3, -0.25) is 4.79 Å². The van der Waals surface area contributed by atoms with E-state index in [1.54, 1.807) is 11.3 Å². The molecule has 22 heavy (non-hydrogen) atoms. The molecule has 0 unspecified atom stereocenters. The van der Waals surface area contributed by atoms with E-state index in [0.717, 1.165) is 29.0 Å². The minimum absolute atomic E-state index is 0.147. The van der Waals surface area contributed by atoms with Crippen LogP contribution in [0.1, 0.15) is 51.0 Å². The van der Waals surface area contributed by atoms with Crippen LogP contribution >= 0.6 is 11.3 Å². The maximum absolute atomic E-state index is 13.0.